The molecule has 0 aliphatic rings. The summed E-state index contributed by atoms with van der Waals surface area (Å²) in [5, 5.41) is 3.36. The Kier molecular flexibility index (Phi) is 5.91. The van der Waals surface area contributed by atoms with Crippen molar-refractivity contribution in [1.82, 2.24) is 5.32 Å². The van der Waals surface area contributed by atoms with Crippen LogP contribution in [0.25, 0.3) is 0 Å². The summed E-state index contributed by atoms with van der Waals surface area (Å²) in [6.07, 6.45) is -5.05. The number of nitrogens with one attached hydrogen (secondary N) is 1. The molecule has 0 aliphatic heterocycles. The molecule has 6 heteroatoms. The lowest BCUT2D eigenvalue weighted by Crippen LogP contribution is -2.27. The van der Waals surface area contributed by atoms with Crippen LogP contribution in [0.3, 0.4) is 0 Å². The number of hydrogen-bond donors (Lipinski definition) is 1. The third kappa shape index (κ3) is 5.25. The van der Waals surface area contributed by atoms with Crippen molar-refractivity contribution in [2.45, 2.75) is 19.2 Å². The van der Waals surface area contributed by atoms with E-state index < -0.39 is 18.9 Å². The first-order valence-corrected chi connectivity index (χ1v) is 5.95. The van der Waals surface area contributed by atoms with E-state index in [1.165, 1.54) is 0 Å². The number of rotatable bonds is 6. The topological polar surface area (TPSA) is 21.3 Å². The van der Waals surface area contributed by atoms with E-state index >= 15 is 0 Å². The van der Waals surface area contributed by atoms with E-state index in [-0.39, 0.29) is 6.54 Å². The van der Waals surface area contributed by atoms with E-state index in [4.69, 9.17) is 16.3 Å². The van der Waals surface area contributed by atoms with Crippen LogP contribution >= 0.6 is 11.6 Å². The van der Waals surface area contributed by atoms with E-state index in [0.29, 0.717) is 17.1 Å². The van der Waals surface area contributed by atoms with Gasteiger partial charge in [0.2, 0.25) is 0 Å². The smallest absolute Gasteiger partial charge is 0.363 e. The van der Waals surface area contributed by atoms with Crippen LogP contribution in [-0.4, -0.2) is 25.9 Å². The van der Waals surface area contributed by atoms with Gasteiger partial charge in [-0.1, -0.05) is 36.7 Å². The number of halogens is 4. The van der Waals surface area contributed by atoms with Gasteiger partial charge in [0.1, 0.15) is 6.61 Å². The first kappa shape index (κ1) is 15.3. The molecule has 0 radical (unpaired) electrons. The van der Waals surface area contributed by atoms with Crippen LogP contribution in [-0.2, 0) is 4.74 Å². The molecule has 1 atom stereocenters. The van der Waals surface area contributed by atoms with Gasteiger partial charge in [-0.2, -0.15) is 13.2 Å². The molecule has 1 aromatic rings. The molecule has 1 N–H and O–H groups in total. The van der Waals surface area contributed by atoms with E-state index in [1.54, 1.807) is 24.3 Å². The highest BCUT2D eigenvalue weighted by Crippen LogP contribution is 2.27. The standard InChI is InChI=1S/C12H15ClF3NO/c1-2-17-7-11(18-8-12(14,15)16)9-5-3-4-6-10(9)13/h3-6,11,17H,2,7-8H2,1H3. The van der Waals surface area contributed by atoms with Gasteiger partial charge in [0.15, 0.2) is 0 Å². The van der Waals surface area contributed by atoms with Gasteiger partial charge in [0, 0.05) is 17.1 Å². The van der Waals surface area contributed by atoms with Gasteiger partial charge in [-0.05, 0) is 12.6 Å². The molecule has 0 spiro atoms. The Morgan fingerprint density at radius 3 is 2.56 bits per heavy atom. The molecule has 0 aliphatic carbocycles. The highest BCUT2D eigenvalue weighted by Gasteiger charge is 2.30. The Morgan fingerprint density at radius 1 is 1.33 bits per heavy atom. The molecule has 0 fully saturated rings. The lowest BCUT2D eigenvalue weighted by molar-refractivity contribution is -0.185. The minimum atomic E-state index is -4.34. The average molecular weight is 282 g/mol. The number of alkyl halides is 3. The van der Waals surface area contributed by atoms with E-state index in [0.717, 1.165) is 0 Å². The monoisotopic (exact) mass is 281 g/mol. The summed E-state index contributed by atoms with van der Waals surface area (Å²) in [5.74, 6) is 0. The second-order valence-electron chi connectivity index (χ2n) is 3.74. The molecule has 1 unspecified atom stereocenters. The molecule has 2 nitrogen and oxygen atoms in total. The summed E-state index contributed by atoms with van der Waals surface area (Å²) in [4.78, 5) is 0. The maximum absolute atomic E-state index is 12.2. The quantitative estimate of drug-likeness (QED) is 0.861. The Balaban J connectivity index is 2.75. The van der Waals surface area contributed by atoms with Crippen LogP contribution in [0.1, 0.15) is 18.6 Å². The SMILES string of the molecule is CCNCC(OCC(F)(F)F)c1ccccc1Cl. The minimum absolute atomic E-state index is 0.288. The summed E-state index contributed by atoms with van der Waals surface area (Å²) >= 11 is 5.96. The Morgan fingerprint density at radius 2 is 2.00 bits per heavy atom. The highest BCUT2D eigenvalue weighted by molar-refractivity contribution is 6.31. The van der Waals surface area contributed by atoms with Crippen LogP contribution in [0.5, 0.6) is 0 Å². The summed E-state index contributed by atoms with van der Waals surface area (Å²) in [6, 6.07) is 6.74. The van der Waals surface area contributed by atoms with Crippen LogP contribution in [0, 0.1) is 0 Å². The fourth-order valence-electron chi connectivity index (χ4n) is 1.47. The Labute approximate surface area is 109 Å². The van der Waals surface area contributed by atoms with Gasteiger partial charge in [-0.3, -0.25) is 0 Å². The molecular weight excluding hydrogens is 267 g/mol. The normalized spacial score (nSPS) is 13.6. The molecule has 1 rings (SSSR count). The molecular formula is C12H15ClF3NO. The van der Waals surface area contributed by atoms with Crippen LogP contribution in [0.2, 0.25) is 5.02 Å². The van der Waals surface area contributed by atoms with Crippen molar-refractivity contribution >= 4 is 11.6 Å². The first-order chi connectivity index (χ1) is 8.44. The molecule has 0 heterocycles. The predicted molar refractivity (Wildman–Crippen MR) is 64.7 cm³/mol. The molecule has 0 saturated heterocycles. The summed E-state index contributed by atoms with van der Waals surface area (Å²) in [7, 11) is 0. The molecule has 1 aromatic carbocycles. The summed E-state index contributed by atoms with van der Waals surface area (Å²) in [6.45, 7) is 1.52. The summed E-state index contributed by atoms with van der Waals surface area (Å²) in [5.41, 5.74) is 0.560. The van der Waals surface area contributed by atoms with Crippen molar-refractivity contribution in [3.05, 3.63) is 34.9 Å². The van der Waals surface area contributed by atoms with E-state index in [9.17, 15) is 13.2 Å². The molecule has 0 saturated carbocycles. The van der Waals surface area contributed by atoms with Crippen molar-refractivity contribution in [1.29, 1.82) is 0 Å². The lowest BCUT2D eigenvalue weighted by atomic mass is 10.1. The fraction of sp³-hybridized carbons (Fsp3) is 0.500. The zero-order valence-electron chi connectivity index (χ0n) is 9.93. The second kappa shape index (κ2) is 6.97. The first-order valence-electron chi connectivity index (χ1n) is 5.57. The van der Waals surface area contributed by atoms with Crippen molar-refractivity contribution in [2.75, 3.05) is 19.7 Å². The Hall–Kier alpha value is -0.780. The Bertz CT molecular complexity index is 371. The van der Waals surface area contributed by atoms with E-state index in [1.807, 2.05) is 6.92 Å². The zero-order valence-corrected chi connectivity index (χ0v) is 10.7. The van der Waals surface area contributed by atoms with Crippen LogP contribution in [0.4, 0.5) is 13.2 Å². The third-order valence-corrected chi connectivity index (χ3v) is 2.62. The minimum Gasteiger partial charge on any atom is -0.363 e. The third-order valence-electron chi connectivity index (χ3n) is 2.28. The van der Waals surface area contributed by atoms with Gasteiger partial charge in [0.05, 0.1) is 6.10 Å². The van der Waals surface area contributed by atoms with Gasteiger partial charge in [-0.15, -0.1) is 0 Å². The van der Waals surface area contributed by atoms with Crippen molar-refractivity contribution in [3.63, 3.8) is 0 Å². The maximum Gasteiger partial charge on any atom is 0.411 e. The molecule has 102 valence electrons. The van der Waals surface area contributed by atoms with E-state index in [2.05, 4.69) is 5.32 Å². The summed E-state index contributed by atoms with van der Waals surface area (Å²) < 4.78 is 41.4. The molecule has 18 heavy (non-hydrogen) atoms. The second-order valence-corrected chi connectivity index (χ2v) is 4.15. The highest BCUT2D eigenvalue weighted by atomic mass is 35.5. The number of likely N-dealkylation sites (N-methyl/N-ethyl adjacent to an activating group) is 1. The largest absolute Gasteiger partial charge is 0.411 e. The van der Waals surface area contributed by atoms with Crippen LogP contribution < -0.4 is 5.32 Å². The number of benzene rings is 1. The van der Waals surface area contributed by atoms with Gasteiger partial charge in [-0.25, -0.2) is 0 Å². The number of hydrogen-bond acceptors (Lipinski definition) is 2. The number of ether oxygens (including phenoxy) is 1. The predicted octanol–water partition coefficient (Wildman–Crippen LogP) is 3.57. The van der Waals surface area contributed by atoms with Crippen molar-refractivity contribution in [3.8, 4) is 0 Å². The maximum atomic E-state index is 12.2. The van der Waals surface area contributed by atoms with Crippen molar-refractivity contribution < 1.29 is 17.9 Å². The van der Waals surface area contributed by atoms with Gasteiger partial charge >= 0.3 is 6.18 Å². The zero-order chi connectivity index (χ0) is 13.6. The molecule has 0 amide bonds. The van der Waals surface area contributed by atoms with Crippen LogP contribution in [0.15, 0.2) is 24.3 Å². The lowest BCUT2D eigenvalue weighted by Gasteiger charge is -2.20. The average Bonchev–Trinajstić information content (AvgIpc) is 2.29. The van der Waals surface area contributed by atoms with Gasteiger partial charge < -0.3 is 10.1 Å². The van der Waals surface area contributed by atoms with Crippen molar-refractivity contribution in [2.24, 2.45) is 0 Å². The van der Waals surface area contributed by atoms with Gasteiger partial charge in [0.25, 0.3) is 0 Å². The fourth-order valence-corrected chi connectivity index (χ4v) is 1.72. The molecule has 0 bridgehead atoms. The molecule has 0 aromatic heterocycles.